The van der Waals surface area contributed by atoms with Crippen molar-refractivity contribution in [3.63, 3.8) is 0 Å². The Bertz CT molecular complexity index is 411. The van der Waals surface area contributed by atoms with Crippen molar-refractivity contribution in [3.8, 4) is 0 Å². The van der Waals surface area contributed by atoms with Crippen LogP contribution < -0.4 is 0 Å². The summed E-state index contributed by atoms with van der Waals surface area (Å²) in [6.45, 7) is 6.33. The lowest BCUT2D eigenvalue weighted by Gasteiger charge is -2.23. The quantitative estimate of drug-likeness (QED) is 0.754. The monoisotopic (exact) mass is 253 g/mol. The van der Waals surface area contributed by atoms with Gasteiger partial charge in [0, 0.05) is 19.8 Å². The van der Waals surface area contributed by atoms with Crippen molar-refractivity contribution in [2.45, 2.75) is 33.2 Å². The summed E-state index contributed by atoms with van der Waals surface area (Å²) < 4.78 is 12.2. The Morgan fingerprint density at radius 2 is 2.17 bits per heavy atom. The number of ether oxygens (including phenoxy) is 2. The molecule has 0 spiro atoms. The van der Waals surface area contributed by atoms with Gasteiger partial charge in [0.25, 0.3) is 0 Å². The van der Waals surface area contributed by atoms with Crippen molar-refractivity contribution in [1.29, 1.82) is 0 Å². The van der Waals surface area contributed by atoms with Crippen LogP contribution in [0, 0.1) is 12.8 Å². The fourth-order valence-electron chi connectivity index (χ4n) is 2.13. The normalized spacial score (nSPS) is 16.8. The molecule has 0 atom stereocenters. The molecule has 0 unspecified atom stereocenters. The molecule has 100 valence electrons. The van der Waals surface area contributed by atoms with E-state index >= 15 is 0 Å². The van der Waals surface area contributed by atoms with Crippen LogP contribution in [0.1, 0.15) is 36.2 Å². The molecule has 0 radical (unpaired) electrons. The molecule has 1 aromatic rings. The lowest BCUT2D eigenvalue weighted by molar-refractivity contribution is 0.0488. The van der Waals surface area contributed by atoms with E-state index in [4.69, 9.17) is 9.47 Å². The first-order chi connectivity index (χ1) is 8.72. The fraction of sp³-hybridized carbons (Fsp3) is 0.750. The molecule has 1 saturated heterocycles. The van der Waals surface area contributed by atoms with E-state index in [-0.39, 0.29) is 0 Å². The summed E-state index contributed by atoms with van der Waals surface area (Å²) in [4.78, 5) is 11.8. The maximum Gasteiger partial charge on any atom is 0.376 e. The number of carbonyl (C=O) groups excluding carboxylic acids is 1. The zero-order chi connectivity index (χ0) is 13.0. The summed E-state index contributed by atoms with van der Waals surface area (Å²) in [7, 11) is 0. The van der Waals surface area contributed by atoms with Crippen molar-refractivity contribution in [3.05, 3.63) is 11.6 Å². The third kappa shape index (κ3) is 2.87. The van der Waals surface area contributed by atoms with Crippen molar-refractivity contribution in [2.24, 2.45) is 5.92 Å². The Morgan fingerprint density at radius 1 is 1.44 bits per heavy atom. The number of esters is 1. The number of nitrogens with zero attached hydrogens (tertiary/aromatic N) is 3. The molecule has 2 rings (SSSR count). The second-order valence-electron chi connectivity index (χ2n) is 4.46. The van der Waals surface area contributed by atoms with Gasteiger partial charge in [0.1, 0.15) is 5.82 Å². The van der Waals surface area contributed by atoms with E-state index in [1.807, 2.05) is 11.5 Å². The zero-order valence-electron chi connectivity index (χ0n) is 10.9. The first-order valence-electron chi connectivity index (χ1n) is 6.37. The van der Waals surface area contributed by atoms with Crippen LogP contribution in [0.25, 0.3) is 0 Å². The minimum atomic E-state index is -0.398. The number of aromatic nitrogens is 3. The van der Waals surface area contributed by atoms with Gasteiger partial charge < -0.3 is 14.0 Å². The summed E-state index contributed by atoms with van der Waals surface area (Å²) in [6, 6.07) is 0. The first-order valence-corrected chi connectivity index (χ1v) is 6.37. The highest BCUT2D eigenvalue weighted by Gasteiger charge is 2.22. The molecule has 6 heteroatoms. The summed E-state index contributed by atoms with van der Waals surface area (Å²) in [5, 5.41) is 7.87. The van der Waals surface area contributed by atoms with Crippen molar-refractivity contribution >= 4 is 5.97 Å². The highest BCUT2D eigenvalue weighted by Crippen LogP contribution is 2.18. The maximum atomic E-state index is 11.8. The largest absolute Gasteiger partial charge is 0.460 e. The summed E-state index contributed by atoms with van der Waals surface area (Å²) in [5.41, 5.74) is 0. The van der Waals surface area contributed by atoms with E-state index in [1.165, 1.54) is 0 Å². The van der Waals surface area contributed by atoms with Crippen molar-refractivity contribution in [2.75, 3.05) is 19.8 Å². The molecular weight excluding hydrogens is 234 g/mol. The molecule has 1 fully saturated rings. The lowest BCUT2D eigenvalue weighted by atomic mass is 10.0. The van der Waals surface area contributed by atoms with Gasteiger partial charge in [0.05, 0.1) is 6.61 Å². The standard InChI is InChI=1S/C12H19N3O3/c1-3-18-12(16)11-14-13-9(2)15(11)8-10-4-6-17-7-5-10/h10H,3-8H2,1-2H3. The Kier molecular flexibility index (Phi) is 4.30. The van der Waals surface area contributed by atoms with Crippen LogP contribution >= 0.6 is 0 Å². The Balaban J connectivity index is 2.10. The molecule has 1 aliphatic heterocycles. The highest BCUT2D eigenvalue weighted by atomic mass is 16.5. The number of rotatable bonds is 4. The molecule has 0 bridgehead atoms. The van der Waals surface area contributed by atoms with E-state index in [0.717, 1.165) is 38.4 Å². The number of hydrogen-bond acceptors (Lipinski definition) is 5. The van der Waals surface area contributed by atoms with Gasteiger partial charge in [0.15, 0.2) is 0 Å². The van der Waals surface area contributed by atoms with Gasteiger partial charge in [-0.1, -0.05) is 0 Å². The molecule has 0 saturated carbocycles. The van der Waals surface area contributed by atoms with Crippen LogP contribution in [0.3, 0.4) is 0 Å². The minimum Gasteiger partial charge on any atom is -0.460 e. The molecule has 0 aliphatic carbocycles. The van der Waals surface area contributed by atoms with Crippen LogP contribution in [0.2, 0.25) is 0 Å². The van der Waals surface area contributed by atoms with E-state index in [0.29, 0.717) is 18.3 Å². The lowest BCUT2D eigenvalue weighted by Crippen LogP contribution is -2.23. The van der Waals surface area contributed by atoms with Gasteiger partial charge in [-0.3, -0.25) is 0 Å². The maximum absolute atomic E-state index is 11.8. The molecular formula is C12H19N3O3. The van der Waals surface area contributed by atoms with Gasteiger partial charge in [-0.15, -0.1) is 10.2 Å². The predicted octanol–water partition coefficient (Wildman–Crippen LogP) is 1.19. The van der Waals surface area contributed by atoms with Crippen LogP contribution in [0.15, 0.2) is 0 Å². The highest BCUT2D eigenvalue weighted by molar-refractivity contribution is 5.85. The third-order valence-corrected chi connectivity index (χ3v) is 3.18. The van der Waals surface area contributed by atoms with Gasteiger partial charge in [-0.25, -0.2) is 4.79 Å². The Hall–Kier alpha value is -1.43. The second kappa shape index (κ2) is 5.95. The molecule has 1 aromatic heterocycles. The zero-order valence-corrected chi connectivity index (χ0v) is 10.9. The molecule has 1 aliphatic rings. The molecule has 2 heterocycles. The molecule has 6 nitrogen and oxygen atoms in total. The average molecular weight is 253 g/mol. The van der Waals surface area contributed by atoms with Crippen molar-refractivity contribution in [1.82, 2.24) is 14.8 Å². The molecule has 0 aromatic carbocycles. The van der Waals surface area contributed by atoms with Gasteiger partial charge in [-0.2, -0.15) is 0 Å². The number of aryl methyl sites for hydroxylation is 1. The number of hydrogen-bond donors (Lipinski definition) is 0. The summed E-state index contributed by atoms with van der Waals surface area (Å²) in [5.74, 6) is 1.18. The smallest absolute Gasteiger partial charge is 0.376 e. The van der Waals surface area contributed by atoms with Gasteiger partial charge >= 0.3 is 5.97 Å². The van der Waals surface area contributed by atoms with E-state index < -0.39 is 5.97 Å². The Labute approximate surface area is 106 Å². The van der Waals surface area contributed by atoms with Crippen LogP contribution in [-0.4, -0.2) is 40.6 Å². The van der Waals surface area contributed by atoms with E-state index in [2.05, 4.69) is 10.2 Å². The fourth-order valence-corrected chi connectivity index (χ4v) is 2.13. The van der Waals surface area contributed by atoms with E-state index in [9.17, 15) is 4.79 Å². The van der Waals surface area contributed by atoms with Crippen molar-refractivity contribution < 1.29 is 14.3 Å². The first kappa shape index (κ1) is 13.0. The van der Waals surface area contributed by atoms with Crippen LogP contribution in [0.5, 0.6) is 0 Å². The number of carbonyl (C=O) groups is 1. The minimum absolute atomic E-state index is 0.306. The van der Waals surface area contributed by atoms with E-state index in [1.54, 1.807) is 6.92 Å². The SMILES string of the molecule is CCOC(=O)c1nnc(C)n1CC1CCOCC1. The van der Waals surface area contributed by atoms with Crippen LogP contribution in [0.4, 0.5) is 0 Å². The second-order valence-corrected chi connectivity index (χ2v) is 4.46. The van der Waals surface area contributed by atoms with Gasteiger partial charge in [-0.05, 0) is 32.6 Å². The van der Waals surface area contributed by atoms with Crippen LogP contribution in [-0.2, 0) is 16.0 Å². The summed E-state index contributed by atoms with van der Waals surface area (Å²) in [6.07, 6.45) is 2.03. The predicted molar refractivity (Wildman–Crippen MR) is 64.3 cm³/mol. The molecule has 0 N–H and O–H groups in total. The average Bonchev–Trinajstić information content (AvgIpc) is 2.73. The summed E-state index contributed by atoms with van der Waals surface area (Å²) >= 11 is 0. The third-order valence-electron chi connectivity index (χ3n) is 3.18. The van der Waals surface area contributed by atoms with Gasteiger partial charge in [0.2, 0.25) is 5.82 Å². The molecule has 18 heavy (non-hydrogen) atoms. The molecule has 0 amide bonds. The topological polar surface area (TPSA) is 66.2 Å². The Morgan fingerprint density at radius 3 is 2.83 bits per heavy atom.